The summed E-state index contributed by atoms with van der Waals surface area (Å²) in [6, 6.07) is 10.9. The number of nitrogens with zero attached hydrogens (tertiary/aromatic N) is 2. The normalized spacial score (nSPS) is 16.9. The van der Waals surface area contributed by atoms with Crippen molar-refractivity contribution >= 4 is 10.0 Å². The lowest BCUT2D eigenvalue weighted by Gasteiger charge is -2.38. The van der Waals surface area contributed by atoms with Crippen molar-refractivity contribution in [2.45, 2.75) is 17.7 Å². The summed E-state index contributed by atoms with van der Waals surface area (Å²) < 4.78 is 26.3. The fourth-order valence-electron chi connectivity index (χ4n) is 2.32. The Balaban J connectivity index is 1.74. The number of hydrogen-bond acceptors (Lipinski definition) is 3. The molecule has 0 radical (unpaired) electrons. The largest absolute Gasteiger partial charge is 0.264 e. The molecule has 1 aromatic heterocycles. The second-order valence-corrected chi connectivity index (χ2v) is 7.06. The van der Waals surface area contributed by atoms with E-state index in [4.69, 9.17) is 0 Å². The molecule has 1 saturated heterocycles. The minimum atomic E-state index is -3.35. The number of benzene rings is 1. The summed E-state index contributed by atoms with van der Waals surface area (Å²) in [4.78, 5) is 4.44. The molecule has 0 N–H and O–H groups in total. The second kappa shape index (κ2) is 5.00. The van der Waals surface area contributed by atoms with Crippen LogP contribution >= 0.6 is 0 Å². The van der Waals surface area contributed by atoms with Crippen LogP contribution in [0.15, 0.2) is 53.7 Å². The van der Waals surface area contributed by atoms with Crippen molar-refractivity contribution in [2.75, 3.05) is 13.1 Å². The van der Waals surface area contributed by atoms with Gasteiger partial charge in [0.2, 0.25) is 10.0 Å². The van der Waals surface area contributed by atoms with E-state index in [1.807, 2.05) is 31.2 Å². The minimum absolute atomic E-state index is 0.254. The molecule has 1 aliphatic heterocycles. The van der Waals surface area contributed by atoms with E-state index in [1.54, 1.807) is 24.5 Å². The fraction of sp³-hybridized carbons (Fsp3) is 0.267. The predicted molar refractivity (Wildman–Crippen MR) is 76.9 cm³/mol. The van der Waals surface area contributed by atoms with Gasteiger partial charge in [0.05, 0.1) is 4.90 Å². The molecule has 5 heteroatoms. The molecular weight excluding hydrogens is 272 g/mol. The van der Waals surface area contributed by atoms with Gasteiger partial charge in [-0.1, -0.05) is 23.8 Å². The van der Waals surface area contributed by atoms with Crippen LogP contribution in [0.5, 0.6) is 0 Å². The molecule has 1 aromatic carbocycles. The Morgan fingerprint density at radius 1 is 1.15 bits per heavy atom. The van der Waals surface area contributed by atoms with Crippen molar-refractivity contribution in [1.82, 2.24) is 9.29 Å². The Morgan fingerprint density at radius 3 is 2.45 bits per heavy atom. The molecule has 0 spiro atoms. The van der Waals surface area contributed by atoms with Crippen LogP contribution in [0.3, 0.4) is 0 Å². The predicted octanol–water partition coefficient (Wildman–Crippen LogP) is 2.18. The molecule has 0 amide bonds. The van der Waals surface area contributed by atoms with E-state index in [0.29, 0.717) is 18.0 Å². The maximum absolute atomic E-state index is 12.4. The minimum Gasteiger partial charge on any atom is -0.264 e. The quantitative estimate of drug-likeness (QED) is 0.870. The van der Waals surface area contributed by atoms with Crippen LogP contribution in [0, 0.1) is 6.92 Å². The lowest BCUT2D eigenvalue weighted by atomic mass is 9.95. The average molecular weight is 288 g/mol. The van der Waals surface area contributed by atoms with E-state index in [-0.39, 0.29) is 5.92 Å². The third kappa shape index (κ3) is 2.34. The Hall–Kier alpha value is -1.72. The van der Waals surface area contributed by atoms with Gasteiger partial charge in [-0.25, -0.2) is 8.42 Å². The maximum atomic E-state index is 12.4. The van der Waals surface area contributed by atoms with Gasteiger partial charge in [0.25, 0.3) is 0 Å². The zero-order chi connectivity index (χ0) is 14.2. The van der Waals surface area contributed by atoms with Gasteiger partial charge in [-0.2, -0.15) is 4.31 Å². The fourth-order valence-corrected chi connectivity index (χ4v) is 3.85. The summed E-state index contributed by atoms with van der Waals surface area (Å²) in [6.07, 6.45) is 3.53. The van der Waals surface area contributed by atoms with Gasteiger partial charge < -0.3 is 0 Å². The van der Waals surface area contributed by atoms with Crippen LogP contribution in [0.2, 0.25) is 0 Å². The first-order valence-electron chi connectivity index (χ1n) is 6.54. The van der Waals surface area contributed by atoms with Crippen LogP contribution in [0.25, 0.3) is 0 Å². The smallest absolute Gasteiger partial charge is 0.243 e. The Kier molecular flexibility index (Phi) is 3.31. The van der Waals surface area contributed by atoms with Gasteiger partial charge in [-0.05, 0) is 30.7 Å². The highest BCUT2D eigenvalue weighted by molar-refractivity contribution is 7.89. The van der Waals surface area contributed by atoms with Crippen molar-refractivity contribution in [3.8, 4) is 0 Å². The first-order chi connectivity index (χ1) is 9.57. The van der Waals surface area contributed by atoms with Crippen LogP contribution in [-0.2, 0) is 10.0 Å². The monoisotopic (exact) mass is 288 g/mol. The highest BCUT2D eigenvalue weighted by Crippen LogP contribution is 2.31. The topological polar surface area (TPSA) is 50.3 Å². The first-order valence-corrected chi connectivity index (χ1v) is 7.98. The molecule has 2 aromatic rings. The molecule has 0 aliphatic carbocycles. The van der Waals surface area contributed by atoms with Crippen LogP contribution in [0.1, 0.15) is 17.0 Å². The van der Waals surface area contributed by atoms with Crippen molar-refractivity contribution in [3.63, 3.8) is 0 Å². The number of sulfonamides is 1. The number of hydrogen-bond donors (Lipinski definition) is 0. The van der Waals surface area contributed by atoms with Crippen molar-refractivity contribution in [2.24, 2.45) is 0 Å². The first kappa shape index (κ1) is 13.3. The molecule has 0 saturated carbocycles. The van der Waals surface area contributed by atoms with Crippen LogP contribution in [-0.4, -0.2) is 30.8 Å². The van der Waals surface area contributed by atoms with Gasteiger partial charge >= 0.3 is 0 Å². The van der Waals surface area contributed by atoms with Crippen LogP contribution < -0.4 is 0 Å². The third-order valence-corrected chi connectivity index (χ3v) is 5.51. The maximum Gasteiger partial charge on any atom is 0.243 e. The summed E-state index contributed by atoms with van der Waals surface area (Å²) >= 11 is 0. The Labute approximate surface area is 119 Å². The van der Waals surface area contributed by atoms with E-state index in [2.05, 4.69) is 4.98 Å². The SMILES string of the molecule is Cc1ccc(S(=O)(=O)N2CC(c3cccnc3)C2)cc1. The summed E-state index contributed by atoms with van der Waals surface area (Å²) in [5, 5.41) is 0. The Bertz CT molecular complexity index is 690. The zero-order valence-corrected chi connectivity index (χ0v) is 12.0. The zero-order valence-electron chi connectivity index (χ0n) is 11.2. The molecule has 4 nitrogen and oxygen atoms in total. The number of aryl methyl sites for hydroxylation is 1. The van der Waals surface area contributed by atoms with E-state index >= 15 is 0 Å². The summed E-state index contributed by atoms with van der Waals surface area (Å²) in [5.74, 6) is 0.254. The highest BCUT2D eigenvalue weighted by atomic mass is 32.2. The summed E-state index contributed by atoms with van der Waals surface area (Å²) in [6.45, 7) is 3.00. The van der Waals surface area contributed by atoms with E-state index in [1.165, 1.54) is 4.31 Å². The number of aromatic nitrogens is 1. The number of rotatable bonds is 3. The molecule has 1 fully saturated rings. The lowest BCUT2D eigenvalue weighted by molar-refractivity contribution is 0.264. The van der Waals surface area contributed by atoms with Gasteiger partial charge in [0, 0.05) is 31.4 Å². The van der Waals surface area contributed by atoms with Crippen LogP contribution in [0.4, 0.5) is 0 Å². The molecule has 0 atom stereocenters. The average Bonchev–Trinajstić information content (AvgIpc) is 2.38. The van der Waals surface area contributed by atoms with Crippen molar-refractivity contribution < 1.29 is 8.42 Å². The molecule has 3 rings (SSSR count). The second-order valence-electron chi connectivity index (χ2n) is 5.12. The van der Waals surface area contributed by atoms with Gasteiger partial charge in [0.1, 0.15) is 0 Å². The lowest BCUT2D eigenvalue weighted by Crippen LogP contribution is -2.48. The molecule has 20 heavy (non-hydrogen) atoms. The molecule has 0 bridgehead atoms. The molecule has 1 aliphatic rings. The third-order valence-electron chi connectivity index (χ3n) is 3.66. The Morgan fingerprint density at radius 2 is 1.85 bits per heavy atom. The number of pyridine rings is 1. The van der Waals surface area contributed by atoms with Crippen molar-refractivity contribution in [3.05, 3.63) is 59.9 Å². The van der Waals surface area contributed by atoms with E-state index in [9.17, 15) is 8.42 Å². The molecular formula is C15H16N2O2S. The van der Waals surface area contributed by atoms with E-state index in [0.717, 1.165) is 11.1 Å². The van der Waals surface area contributed by atoms with Gasteiger partial charge in [-0.3, -0.25) is 4.98 Å². The van der Waals surface area contributed by atoms with Crippen molar-refractivity contribution in [1.29, 1.82) is 0 Å². The molecule has 0 unspecified atom stereocenters. The summed E-state index contributed by atoms with van der Waals surface area (Å²) in [5.41, 5.74) is 2.16. The van der Waals surface area contributed by atoms with Gasteiger partial charge in [-0.15, -0.1) is 0 Å². The van der Waals surface area contributed by atoms with Gasteiger partial charge in [0.15, 0.2) is 0 Å². The standard InChI is InChI=1S/C15H16N2O2S/c1-12-4-6-15(7-5-12)20(18,19)17-10-14(11-17)13-3-2-8-16-9-13/h2-9,14H,10-11H2,1H3. The molecule has 104 valence electrons. The summed E-state index contributed by atoms with van der Waals surface area (Å²) in [7, 11) is -3.35. The van der Waals surface area contributed by atoms with E-state index < -0.39 is 10.0 Å². The highest BCUT2D eigenvalue weighted by Gasteiger charge is 2.37. The molecule has 2 heterocycles.